The molecule has 2 aromatic carbocycles. The lowest BCUT2D eigenvalue weighted by molar-refractivity contribution is -0.138. The van der Waals surface area contributed by atoms with Crippen molar-refractivity contribution in [1.82, 2.24) is 20.4 Å². The second-order valence-electron chi connectivity index (χ2n) is 12.7. The molecule has 2 N–H and O–H groups in total. The van der Waals surface area contributed by atoms with Crippen LogP contribution < -0.4 is 10.6 Å². The van der Waals surface area contributed by atoms with Gasteiger partial charge in [-0.3, -0.25) is 49.0 Å². The SMILES string of the molecule is O=C(CCCCCC(=O)Cc1cccc2c1CN(C1CCC(=O)NC1=O)C2=O)Cc1cccc2c1CN(C1CCC(=O)NC1=O)C2=O. The highest BCUT2D eigenvalue weighted by Gasteiger charge is 2.41. The van der Waals surface area contributed by atoms with E-state index in [4.69, 9.17) is 0 Å². The number of hydrogen-bond acceptors (Lipinski definition) is 8. The number of hydrogen-bond donors (Lipinski definition) is 2. The number of Topliss-reactive ketones (excluding diaryl/α,β-unsaturated/α-hetero) is 2. The second-order valence-corrected chi connectivity index (χ2v) is 12.7. The number of carbonyl (C=O) groups is 8. The highest BCUT2D eigenvalue weighted by Crippen LogP contribution is 2.32. The van der Waals surface area contributed by atoms with Gasteiger partial charge in [0.25, 0.3) is 11.8 Å². The van der Waals surface area contributed by atoms with Crippen molar-refractivity contribution in [1.29, 1.82) is 0 Å². The molecule has 0 spiro atoms. The van der Waals surface area contributed by atoms with Crippen molar-refractivity contribution in [3.05, 3.63) is 69.8 Å². The molecule has 2 atom stereocenters. The highest BCUT2D eigenvalue weighted by atomic mass is 16.2. The van der Waals surface area contributed by atoms with Crippen molar-refractivity contribution in [2.24, 2.45) is 0 Å². The van der Waals surface area contributed by atoms with Crippen LogP contribution in [-0.2, 0) is 54.7 Å². The Hall–Kier alpha value is -5.00. The maximum absolute atomic E-state index is 13.1. The molecular weight excluding hydrogens is 604 g/mol. The number of piperidine rings is 2. The molecule has 244 valence electrons. The molecule has 12 nitrogen and oxygen atoms in total. The lowest BCUT2D eigenvalue weighted by Crippen LogP contribution is -2.52. The van der Waals surface area contributed by atoms with Crippen LogP contribution >= 0.6 is 0 Å². The minimum absolute atomic E-state index is 0.0294. The number of carbonyl (C=O) groups excluding carboxylic acids is 8. The number of rotatable bonds is 12. The van der Waals surface area contributed by atoms with Gasteiger partial charge < -0.3 is 9.80 Å². The van der Waals surface area contributed by atoms with E-state index >= 15 is 0 Å². The van der Waals surface area contributed by atoms with Crippen molar-refractivity contribution >= 4 is 47.0 Å². The zero-order chi connectivity index (χ0) is 33.2. The quantitative estimate of drug-likeness (QED) is 0.263. The van der Waals surface area contributed by atoms with Crippen LogP contribution in [0.1, 0.15) is 101 Å². The molecule has 6 rings (SSSR count). The summed E-state index contributed by atoms with van der Waals surface area (Å²) in [5, 5.41) is 4.60. The van der Waals surface area contributed by atoms with Gasteiger partial charge in [0.1, 0.15) is 23.7 Å². The molecule has 4 aliphatic heterocycles. The van der Waals surface area contributed by atoms with E-state index in [1.807, 2.05) is 12.1 Å². The van der Waals surface area contributed by atoms with E-state index in [1.165, 1.54) is 9.80 Å². The molecule has 47 heavy (non-hydrogen) atoms. The van der Waals surface area contributed by atoms with Crippen molar-refractivity contribution in [3.63, 3.8) is 0 Å². The Bertz CT molecular complexity index is 1590. The Morgan fingerprint density at radius 1 is 0.617 bits per heavy atom. The first-order valence-corrected chi connectivity index (χ1v) is 16.1. The molecule has 2 unspecified atom stereocenters. The topological polar surface area (TPSA) is 167 Å². The number of nitrogens with one attached hydrogen (secondary N) is 2. The molecule has 4 aliphatic rings. The van der Waals surface area contributed by atoms with E-state index in [-0.39, 0.29) is 86.8 Å². The van der Waals surface area contributed by atoms with Gasteiger partial charge in [0, 0.05) is 62.7 Å². The summed E-state index contributed by atoms with van der Waals surface area (Å²) in [6.45, 7) is 0.444. The van der Waals surface area contributed by atoms with Gasteiger partial charge in [-0.2, -0.15) is 0 Å². The minimum Gasteiger partial charge on any atom is -0.322 e. The average molecular weight is 641 g/mol. The minimum atomic E-state index is -0.711. The van der Waals surface area contributed by atoms with E-state index in [2.05, 4.69) is 10.6 Å². The smallest absolute Gasteiger partial charge is 0.255 e. The van der Waals surface area contributed by atoms with Crippen LogP contribution in [0.15, 0.2) is 36.4 Å². The van der Waals surface area contributed by atoms with Crippen molar-refractivity contribution in [2.45, 2.75) is 95.8 Å². The van der Waals surface area contributed by atoms with Crippen LogP contribution in [0.2, 0.25) is 0 Å². The van der Waals surface area contributed by atoms with Gasteiger partial charge in [-0.1, -0.05) is 30.7 Å². The summed E-state index contributed by atoms with van der Waals surface area (Å²) in [5.74, 6) is -2.12. The van der Waals surface area contributed by atoms with Gasteiger partial charge in [0.2, 0.25) is 23.6 Å². The highest BCUT2D eigenvalue weighted by molar-refractivity contribution is 6.06. The summed E-state index contributed by atoms with van der Waals surface area (Å²) in [7, 11) is 0. The standard InChI is InChI=1S/C35H36N4O8/c40-22(16-20-6-4-10-24-26(20)18-38(34(24)46)28-12-14-30(42)36-32(28)44)8-2-1-3-9-23(41)17-21-7-5-11-25-27(21)19-39(35(25)47)29-13-15-31(43)37-33(29)45/h4-7,10-11,28-29H,1-3,8-9,12-19H2,(H,36,42,44)(H,37,43,45). The predicted octanol–water partition coefficient (Wildman–Crippen LogP) is 2.08. The number of imide groups is 2. The van der Waals surface area contributed by atoms with Crippen LogP contribution in [0, 0.1) is 0 Å². The Labute approximate surface area is 271 Å². The Kier molecular flexibility index (Phi) is 9.10. The normalized spacial score (nSPS) is 20.7. The molecule has 6 amide bonds. The Morgan fingerprint density at radius 2 is 1.04 bits per heavy atom. The monoisotopic (exact) mass is 640 g/mol. The fraction of sp³-hybridized carbons (Fsp3) is 0.429. The summed E-state index contributed by atoms with van der Waals surface area (Å²) in [6, 6.07) is 9.11. The maximum atomic E-state index is 13.1. The van der Waals surface area contributed by atoms with Crippen molar-refractivity contribution in [3.8, 4) is 0 Å². The summed E-state index contributed by atoms with van der Waals surface area (Å²) >= 11 is 0. The molecule has 12 heteroatoms. The molecular formula is C35H36N4O8. The number of nitrogens with zero attached hydrogens (tertiary/aromatic N) is 2. The molecule has 0 radical (unpaired) electrons. The zero-order valence-corrected chi connectivity index (χ0v) is 26.0. The largest absolute Gasteiger partial charge is 0.322 e. The molecule has 2 aromatic rings. The third-order valence-corrected chi connectivity index (χ3v) is 9.54. The fourth-order valence-electron chi connectivity index (χ4n) is 7.05. The first kappa shape index (κ1) is 32.0. The lowest BCUT2D eigenvalue weighted by Gasteiger charge is -2.29. The zero-order valence-electron chi connectivity index (χ0n) is 26.0. The van der Waals surface area contributed by atoms with Crippen molar-refractivity contribution < 1.29 is 38.4 Å². The van der Waals surface area contributed by atoms with Crippen LogP contribution in [0.5, 0.6) is 0 Å². The number of fused-ring (bicyclic) bond motifs is 2. The average Bonchev–Trinajstić information content (AvgIpc) is 3.54. The van der Waals surface area contributed by atoms with E-state index in [0.29, 0.717) is 43.2 Å². The van der Waals surface area contributed by atoms with Crippen LogP contribution in [0.3, 0.4) is 0 Å². The van der Waals surface area contributed by atoms with Gasteiger partial charge in [0.15, 0.2) is 0 Å². The van der Waals surface area contributed by atoms with Gasteiger partial charge in [-0.15, -0.1) is 0 Å². The van der Waals surface area contributed by atoms with Gasteiger partial charge in [-0.05, 0) is 60.1 Å². The molecule has 4 heterocycles. The van der Waals surface area contributed by atoms with Gasteiger partial charge in [-0.25, -0.2) is 0 Å². The van der Waals surface area contributed by atoms with Crippen molar-refractivity contribution in [2.75, 3.05) is 0 Å². The Balaban J connectivity index is 0.954. The second kappa shape index (κ2) is 13.4. The van der Waals surface area contributed by atoms with Crippen LogP contribution in [0.4, 0.5) is 0 Å². The van der Waals surface area contributed by atoms with Gasteiger partial charge in [0.05, 0.1) is 0 Å². The number of unbranched alkanes of at least 4 members (excludes halogenated alkanes) is 2. The van der Waals surface area contributed by atoms with E-state index in [1.54, 1.807) is 24.3 Å². The third-order valence-electron chi connectivity index (χ3n) is 9.54. The fourth-order valence-corrected chi connectivity index (χ4v) is 7.05. The van der Waals surface area contributed by atoms with Crippen LogP contribution in [-0.4, -0.2) is 68.9 Å². The molecule has 2 fully saturated rings. The Morgan fingerprint density at radius 3 is 1.45 bits per heavy atom. The molecule has 0 aromatic heterocycles. The maximum Gasteiger partial charge on any atom is 0.255 e. The van der Waals surface area contributed by atoms with Crippen LogP contribution in [0.25, 0.3) is 0 Å². The summed E-state index contributed by atoms with van der Waals surface area (Å²) in [5.41, 5.74) is 3.98. The lowest BCUT2D eigenvalue weighted by atomic mass is 9.96. The first-order chi connectivity index (χ1) is 22.6. The van der Waals surface area contributed by atoms with Gasteiger partial charge >= 0.3 is 0 Å². The number of benzene rings is 2. The van der Waals surface area contributed by atoms with E-state index in [9.17, 15) is 38.4 Å². The molecule has 2 saturated heterocycles. The summed E-state index contributed by atoms with van der Waals surface area (Å²) < 4.78 is 0. The summed E-state index contributed by atoms with van der Waals surface area (Å²) in [4.78, 5) is 103. The predicted molar refractivity (Wildman–Crippen MR) is 165 cm³/mol. The summed E-state index contributed by atoms with van der Waals surface area (Å²) in [6.07, 6.45) is 3.87. The first-order valence-electron chi connectivity index (χ1n) is 16.1. The number of ketones is 2. The third kappa shape index (κ3) is 6.63. The number of amides is 6. The molecule has 0 bridgehead atoms. The van der Waals surface area contributed by atoms with E-state index in [0.717, 1.165) is 22.3 Å². The molecule has 0 saturated carbocycles. The van der Waals surface area contributed by atoms with E-state index < -0.39 is 23.9 Å². The molecule has 0 aliphatic carbocycles.